The molecule has 0 spiro atoms. The average Bonchev–Trinajstić information content (AvgIpc) is 2.20. The summed E-state index contributed by atoms with van der Waals surface area (Å²) in [6.45, 7) is 2.62. The molecule has 1 rings (SSSR count). The average molecular weight is 232 g/mol. The molecule has 0 heterocycles. The van der Waals surface area contributed by atoms with Gasteiger partial charge in [-0.2, -0.15) is 0 Å². The van der Waals surface area contributed by atoms with Crippen LogP contribution in [0.3, 0.4) is 0 Å². The van der Waals surface area contributed by atoms with Crippen LogP contribution in [0, 0.1) is 5.82 Å². The Bertz CT molecular complexity index is 319. The zero-order valence-electron chi connectivity index (χ0n) is 8.63. The Morgan fingerprint density at radius 1 is 1.53 bits per heavy atom. The van der Waals surface area contributed by atoms with Crippen LogP contribution < -0.4 is 5.32 Å². The second-order valence-corrected chi connectivity index (χ2v) is 3.94. The van der Waals surface area contributed by atoms with Crippen molar-refractivity contribution in [3.05, 3.63) is 34.6 Å². The van der Waals surface area contributed by atoms with Gasteiger partial charge < -0.3 is 10.4 Å². The van der Waals surface area contributed by atoms with Crippen LogP contribution in [0.5, 0.6) is 0 Å². The number of aliphatic hydroxyl groups is 1. The number of hydrogen-bond acceptors (Lipinski definition) is 2. The number of hydrogen-bond donors (Lipinski definition) is 2. The molecule has 0 aromatic heterocycles. The Labute approximate surface area is 94.1 Å². The van der Waals surface area contributed by atoms with Gasteiger partial charge in [0.1, 0.15) is 5.82 Å². The number of rotatable bonds is 5. The van der Waals surface area contributed by atoms with Gasteiger partial charge in [-0.25, -0.2) is 4.39 Å². The molecule has 1 aromatic rings. The highest BCUT2D eigenvalue weighted by Crippen LogP contribution is 2.16. The van der Waals surface area contributed by atoms with E-state index in [1.54, 1.807) is 6.07 Å². The Morgan fingerprint density at radius 3 is 2.93 bits per heavy atom. The fourth-order valence-corrected chi connectivity index (χ4v) is 1.44. The first-order valence-corrected chi connectivity index (χ1v) is 5.29. The highest BCUT2D eigenvalue weighted by molar-refractivity contribution is 6.31. The van der Waals surface area contributed by atoms with E-state index in [1.165, 1.54) is 12.1 Å². The summed E-state index contributed by atoms with van der Waals surface area (Å²) in [6.07, 6.45) is 0.674. The summed E-state index contributed by atoms with van der Waals surface area (Å²) in [4.78, 5) is 0. The lowest BCUT2D eigenvalue weighted by Crippen LogP contribution is -2.26. The van der Waals surface area contributed by atoms with E-state index in [1.807, 2.05) is 6.92 Å². The van der Waals surface area contributed by atoms with Crippen molar-refractivity contribution in [1.82, 2.24) is 5.32 Å². The molecule has 84 valence electrons. The summed E-state index contributed by atoms with van der Waals surface area (Å²) >= 11 is 5.90. The minimum Gasteiger partial charge on any atom is -0.396 e. The summed E-state index contributed by atoms with van der Waals surface area (Å²) in [5, 5.41) is 12.4. The van der Waals surface area contributed by atoms with Crippen LogP contribution in [0.15, 0.2) is 18.2 Å². The molecule has 0 fully saturated rings. The lowest BCUT2D eigenvalue weighted by molar-refractivity contribution is 0.268. The maximum absolute atomic E-state index is 12.9. The van der Waals surface area contributed by atoms with Crippen molar-refractivity contribution in [1.29, 1.82) is 0 Å². The molecule has 0 aliphatic heterocycles. The van der Waals surface area contributed by atoms with E-state index in [0.29, 0.717) is 18.0 Å². The van der Waals surface area contributed by atoms with Gasteiger partial charge >= 0.3 is 0 Å². The molecule has 0 radical (unpaired) electrons. The van der Waals surface area contributed by atoms with Crippen molar-refractivity contribution < 1.29 is 9.50 Å². The Morgan fingerprint density at radius 2 is 2.27 bits per heavy atom. The van der Waals surface area contributed by atoms with Crippen LogP contribution in [-0.2, 0) is 6.54 Å². The molecule has 15 heavy (non-hydrogen) atoms. The molecule has 0 saturated heterocycles. The van der Waals surface area contributed by atoms with E-state index in [-0.39, 0.29) is 18.5 Å². The molecular weight excluding hydrogens is 217 g/mol. The van der Waals surface area contributed by atoms with Gasteiger partial charge in [0.15, 0.2) is 0 Å². The number of benzene rings is 1. The van der Waals surface area contributed by atoms with Crippen LogP contribution in [0.4, 0.5) is 4.39 Å². The Hall–Kier alpha value is -0.640. The van der Waals surface area contributed by atoms with E-state index >= 15 is 0 Å². The maximum Gasteiger partial charge on any atom is 0.123 e. The van der Waals surface area contributed by atoms with Gasteiger partial charge in [0, 0.05) is 24.2 Å². The van der Waals surface area contributed by atoms with E-state index in [0.717, 1.165) is 5.56 Å². The third-order valence-corrected chi connectivity index (χ3v) is 2.58. The van der Waals surface area contributed by atoms with Gasteiger partial charge in [-0.3, -0.25) is 0 Å². The molecule has 0 saturated carbocycles. The molecule has 0 amide bonds. The minimum atomic E-state index is -0.286. The number of nitrogens with one attached hydrogen (secondary N) is 1. The van der Waals surface area contributed by atoms with E-state index in [2.05, 4.69) is 5.32 Å². The lowest BCUT2D eigenvalue weighted by Gasteiger charge is -2.13. The zero-order valence-corrected chi connectivity index (χ0v) is 9.39. The fraction of sp³-hybridized carbons (Fsp3) is 0.455. The Balaban J connectivity index is 2.53. The normalized spacial score (nSPS) is 12.8. The predicted octanol–water partition coefficient (Wildman–Crippen LogP) is 2.34. The van der Waals surface area contributed by atoms with Gasteiger partial charge in [-0.15, -0.1) is 0 Å². The van der Waals surface area contributed by atoms with Gasteiger partial charge in [-0.05, 0) is 37.1 Å². The van der Waals surface area contributed by atoms with Gasteiger partial charge in [0.25, 0.3) is 0 Å². The molecular formula is C11H15ClFNO. The van der Waals surface area contributed by atoms with Crippen LogP contribution in [0.1, 0.15) is 18.9 Å². The van der Waals surface area contributed by atoms with Crippen LogP contribution in [0.25, 0.3) is 0 Å². The van der Waals surface area contributed by atoms with Gasteiger partial charge in [0.05, 0.1) is 0 Å². The smallest absolute Gasteiger partial charge is 0.123 e. The first kappa shape index (κ1) is 12.4. The molecule has 0 bridgehead atoms. The van der Waals surface area contributed by atoms with E-state index in [9.17, 15) is 4.39 Å². The summed E-state index contributed by atoms with van der Waals surface area (Å²) < 4.78 is 12.9. The molecule has 1 unspecified atom stereocenters. The van der Waals surface area contributed by atoms with E-state index < -0.39 is 0 Å². The monoisotopic (exact) mass is 231 g/mol. The quantitative estimate of drug-likeness (QED) is 0.815. The summed E-state index contributed by atoms with van der Waals surface area (Å²) in [5.74, 6) is -0.286. The SMILES string of the molecule is CC(CCO)NCc1cc(F)ccc1Cl. The molecule has 2 nitrogen and oxygen atoms in total. The largest absolute Gasteiger partial charge is 0.396 e. The summed E-state index contributed by atoms with van der Waals surface area (Å²) in [5.41, 5.74) is 0.737. The maximum atomic E-state index is 12.9. The topological polar surface area (TPSA) is 32.3 Å². The molecule has 2 N–H and O–H groups in total. The number of halogens is 2. The predicted molar refractivity (Wildman–Crippen MR) is 59.4 cm³/mol. The van der Waals surface area contributed by atoms with Crippen molar-refractivity contribution >= 4 is 11.6 Å². The third kappa shape index (κ3) is 4.16. The molecule has 1 atom stereocenters. The summed E-state index contributed by atoms with van der Waals surface area (Å²) in [7, 11) is 0. The Kier molecular flexibility index (Phi) is 5.02. The highest BCUT2D eigenvalue weighted by atomic mass is 35.5. The van der Waals surface area contributed by atoms with Crippen LogP contribution in [-0.4, -0.2) is 17.8 Å². The number of aliphatic hydroxyl groups excluding tert-OH is 1. The zero-order chi connectivity index (χ0) is 11.3. The van der Waals surface area contributed by atoms with Gasteiger partial charge in [0.2, 0.25) is 0 Å². The van der Waals surface area contributed by atoms with Crippen molar-refractivity contribution in [2.45, 2.75) is 25.9 Å². The van der Waals surface area contributed by atoms with Crippen molar-refractivity contribution in [3.63, 3.8) is 0 Å². The lowest BCUT2D eigenvalue weighted by atomic mass is 10.2. The van der Waals surface area contributed by atoms with Gasteiger partial charge in [-0.1, -0.05) is 11.6 Å². The van der Waals surface area contributed by atoms with Crippen molar-refractivity contribution in [2.75, 3.05) is 6.61 Å². The minimum absolute atomic E-state index is 0.144. The standard InChI is InChI=1S/C11H15ClFNO/c1-8(4-5-15)14-7-9-6-10(13)2-3-11(9)12/h2-3,6,8,14-15H,4-5,7H2,1H3. The molecule has 0 aliphatic carbocycles. The third-order valence-electron chi connectivity index (χ3n) is 2.21. The molecule has 1 aromatic carbocycles. The first-order chi connectivity index (χ1) is 7.13. The van der Waals surface area contributed by atoms with Crippen molar-refractivity contribution in [2.24, 2.45) is 0 Å². The second-order valence-electron chi connectivity index (χ2n) is 3.53. The second kappa shape index (κ2) is 6.05. The fourth-order valence-electron chi connectivity index (χ4n) is 1.26. The van der Waals surface area contributed by atoms with Crippen molar-refractivity contribution in [3.8, 4) is 0 Å². The highest BCUT2D eigenvalue weighted by Gasteiger charge is 2.04. The van der Waals surface area contributed by atoms with Crippen LogP contribution in [0.2, 0.25) is 5.02 Å². The summed E-state index contributed by atoms with van der Waals surface area (Å²) in [6, 6.07) is 4.49. The van der Waals surface area contributed by atoms with E-state index in [4.69, 9.17) is 16.7 Å². The first-order valence-electron chi connectivity index (χ1n) is 4.91. The van der Waals surface area contributed by atoms with Crippen LogP contribution >= 0.6 is 11.6 Å². The molecule has 0 aliphatic rings. The molecule has 4 heteroatoms.